The predicted molar refractivity (Wildman–Crippen MR) is 84.9 cm³/mol. The van der Waals surface area contributed by atoms with Gasteiger partial charge in [-0.1, -0.05) is 27.7 Å². The van der Waals surface area contributed by atoms with Crippen molar-refractivity contribution in [1.29, 1.82) is 0 Å². The Hall–Kier alpha value is -0.200. The minimum Gasteiger partial charge on any atom is -0.390 e. The van der Waals surface area contributed by atoms with Gasteiger partial charge in [0.05, 0.1) is 26.4 Å². The lowest BCUT2D eigenvalue weighted by molar-refractivity contribution is -1.02. The number of rotatable bonds is 12. The molecule has 0 saturated carbocycles. The van der Waals surface area contributed by atoms with Gasteiger partial charge in [-0.3, -0.25) is 0 Å². The Morgan fingerprint density at radius 3 is 0.810 bits per heavy atom. The van der Waals surface area contributed by atoms with E-state index >= 15 is 0 Å². The van der Waals surface area contributed by atoms with Crippen LogP contribution in [0.4, 0.5) is 0 Å². The van der Waals surface area contributed by atoms with Crippen LogP contribution < -0.4 is 0 Å². The van der Waals surface area contributed by atoms with Gasteiger partial charge in [0.15, 0.2) is 0 Å². The monoisotopic (exact) mass is 306 g/mol. The average molecular weight is 306 g/mol. The number of nitrogens with zero attached hydrogens (tertiary/aromatic N) is 1. The first-order valence-electron chi connectivity index (χ1n) is 8.39. The van der Waals surface area contributed by atoms with E-state index in [-0.39, 0.29) is 50.6 Å². The van der Waals surface area contributed by atoms with Gasteiger partial charge in [0.2, 0.25) is 0 Å². The van der Waals surface area contributed by atoms with Gasteiger partial charge in [-0.05, 0) is 25.7 Å². The molecule has 0 aliphatic rings. The molecule has 0 spiro atoms. The summed E-state index contributed by atoms with van der Waals surface area (Å²) < 4.78 is 0.417. The molecular formula is C16H36NO4+. The second-order valence-corrected chi connectivity index (χ2v) is 5.87. The molecule has 4 N–H and O–H groups in total. The smallest absolute Gasteiger partial charge is 0.113 e. The van der Waals surface area contributed by atoms with E-state index in [1.54, 1.807) is 0 Å². The Balaban J connectivity index is 6.15. The molecule has 0 rings (SSSR count). The summed E-state index contributed by atoms with van der Waals surface area (Å²) in [7, 11) is 0. The summed E-state index contributed by atoms with van der Waals surface area (Å²) >= 11 is 0. The summed E-state index contributed by atoms with van der Waals surface area (Å²) in [6.07, 6.45) is 3.00. The molecule has 0 amide bonds. The summed E-state index contributed by atoms with van der Waals surface area (Å²) in [5.41, 5.74) is 0. The van der Waals surface area contributed by atoms with Gasteiger partial charge in [-0.25, -0.2) is 0 Å². The van der Waals surface area contributed by atoms with E-state index in [0.717, 1.165) is 25.7 Å². The number of aliphatic hydroxyl groups excluding tert-OH is 4. The van der Waals surface area contributed by atoms with Crippen molar-refractivity contribution in [3.63, 3.8) is 0 Å². The molecule has 0 radical (unpaired) electrons. The van der Waals surface area contributed by atoms with Crippen molar-refractivity contribution in [3.05, 3.63) is 0 Å². The highest BCUT2D eigenvalue weighted by molar-refractivity contribution is 4.76. The Kier molecular flexibility index (Phi) is 10.4. The summed E-state index contributed by atoms with van der Waals surface area (Å²) in [6.45, 7) is 8.08. The lowest BCUT2D eigenvalue weighted by Crippen LogP contribution is -2.74. The largest absolute Gasteiger partial charge is 0.390 e. The van der Waals surface area contributed by atoms with Crippen LogP contribution in [0.5, 0.6) is 0 Å². The molecule has 0 aromatic carbocycles. The van der Waals surface area contributed by atoms with E-state index in [1.807, 2.05) is 27.7 Å². The molecular weight excluding hydrogens is 270 g/mol. The molecule has 0 bridgehead atoms. The zero-order valence-corrected chi connectivity index (χ0v) is 14.2. The first-order chi connectivity index (χ1) is 10.1. The van der Waals surface area contributed by atoms with Crippen molar-refractivity contribution in [1.82, 2.24) is 0 Å². The van der Waals surface area contributed by atoms with E-state index in [1.165, 1.54) is 0 Å². The Morgan fingerprint density at radius 1 is 0.524 bits per heavy atom. The molecule has 0 aliphatic carbocycles. The molecule has 0 aromatic heterocycles. The fraction of sp³-hybridized carbons (Fsp3) is 1.00. The normalized spacial score (nSPS) is 20.6. The van der Waals surface area contributed by atoms with Crippen LogP contribution in [0.25, 0.3) is 0 Å². The van der Waals surface area contributed by atoms with E-state index in [2.05, 4.69) is 0 Å². The van der Waals surface area contributed by atoms with Gasteiger partial charge in [0.25, 0.3) is 0 Å². The third-order valence-electron chi connectivity index (χ3n) is 5.26. The lowest BCUT2D eigenvalue weighted by Gasteiger charge is -2.57. The van der Waals surface area contributed by atoms with Gasteiger partial charge >= 0.3 is 0 Å². The standard InChI is InChI=1S/C16H36NO4/c1-5-13(9-18)17(14(6-2)10-19,15(7-3)11-20)16(8-4)12-21/h13-16,18-21H,5-12H2,1-4H3/q+1. The highest BCUT2D eigenvalue weighted by Gasteiger charge is 2.51. The van der Waals surface area contributed by atoms with Gasteiger partial charge in [-0.15, -0.1) is 0 Å². The highest BCUT2D eigenvalue weighted by Crippen LogP contribution is 2.34. The van der Waals surface area contributed by atoms with Gasteiger partial charge < -0.3 is 24.9 Å². The van der Waals surface area contributed by atoms with Crippen molar-refractivity contribution >= 4 is 0 Å². The minimum absolute atomic E-state index is 0. The maximum atomic E-state index is 9.92. The second kappa shape index (κ2) is 10.5. The van der Waals surface area contributed by atoms with Crippen LogP contribution >= 0.6 is 0 Å². The van der Waals surface area contributed by atoms with E-state index < -0.39 is 0 Å². The Bertz CT molecular complexity index is 193. The molecule has 0 saturated heterocycles. The maximum absolute atomic E-state index is 9.92. The molecule has 5 heteroatoms. The summed E-state index contributed by atoms with van der Waals surface area (Å²) in [4.78, 5) is 0. The van der Waals surface area contributed by atoms with Gasteiger partial charge in [-0.2, -0.15) is 0 Å². The number of hydrogen-bond donors (Lipinski definition) is 4. The van der Waals surface area contributed by atoms with Crippen molar-refractivity contribution in [3.8, 4) is 0 Å². The van der Waals surface area contributed by atoms with E-state index in [9.17, 15) is 20.4 Å². The molecule has 4 atom stereocenters. The Morgan fingerprint density at radius 2 is 0.714 bits per heavy atom. The molecule has 4 unspecified atom stereocenters. The number of quaternary nitrogens is 1. The molecule has 128 valence electrons. The van der Waals surface area contributed by atoms with Crippen LogP contribution in [0, 0.1) is 0 Å². The van der Waals surface area contributed by atoms with Crippen molar-refractivity contribution in [2.45, 2.75) is 77.5 Å². The van der Waals surface area contributed by atoms with Gasteiger partial charge in [0.1, 0.15) is 24.2 Å². The predicted octanol–water partition coefficient (Wildman–Crippen LogP) is 0.887. The Labute approximate surface area is 129 Å². The van der Waals surface area contributed by atoms with Crippen LogP contribution in [0.3, 0.4) is 0 Å². The molecule has 0 aromatic rings. The first-order valence-corrected chi connectivity index (χ1v) is 8.39. The quantitative estimate of drug-likeness (QED) is 0.404. The molecule has 21 heavy (non-hydrogen) atoms. The van der Waals surface area contributed by atoms with Crippen LogP contribution in [0.15, 0.2) is 0 Å². The van der Waals surface area contributed by atoms with E-state index in [4.69, 9.17) is 0 Å². The molecule has 5 nitrogen and oxygen atoms in total. The van der Waals surface area contributed by atoms with Crippen LogP contribution in [0.1, 0.15) is 53.4 Å². The third-order valence-corrected chi connectivity index (χ3v) is 5.26. The van der Waals surface area contributed by atoms with Crippen LogP contribution in [-0.2, 0) is 0 Å². The maximum Gasteiger partial charge on any atom is 0.113 e. The second-order valence-electron chi connectivity index (χ2n) is 5.87. The fourth-order valence-corrected chi connectivity index (χ4v) is 4.14. The average Bonchev–Trinajstić information content (AvgIpc) is 2.51. The zero-order valence-electron chi connectivity index (χ0n) is 14.2. The van der Waals surface area contributed by atoms with Gasteiger partial charge in [0, 0.05) is 0 Å². The number of aliphatic hydroxyl groups is 4. The van der Waals surface area contributed by atoms with Crippen molar-refractivity contribution in [2.75, 3.05) is 26.4 Å². The first kappa shape index (κ1) is 20.8. The summed E-state index contributed by atoms with van der Waals surface area (Å²) in [5.74, 6) is 0. The third kappa shape index (κ3) is 3.96. The zero-order chi connectivity index (χ0) is 16.5. The van der Waals surface area contributed by atoms with Crippen molar-refractivity contribution < 1.29 is 24.9 Å². The van der Waals surface area contributed by atoms with E-state index in [0.29, 0.717) is 4.48 Å². The number of hydrogen-bond acceptors (Lipinski definition) is 4. The lowest BCUT2D eigenvalue weighted by atomic mass is 9.91. The highest BCUT2D eigenvalue weighted by atomic mass is 16.3. The summed E-state index contributed by atoms with van der Waals surface area (Å²) in [6, 6.07) is -0.347. The van der Waals surface area contributed by atoms with Crippen LogP contribution in [0.2, 0.25) is 0 Å². The molecule has 0 aliphatic heterocycles. The SMILES string of the molecule is CCC(CO)[N+](C(CC)CO)(C(CC)CO)C(CC)CO. The minimum atomic E-state index is -0.0868. The topological polar surface area (TPSA) is 80.9 Å². The summed E-state index contributed by atoms with van der Waals surface area (Å²) in [5, 5.41) is 39.7. The van der Waals surface area contributed by atoms with Crippen LogP contribution in [-0.4, -0.2) is 75.5 Å². The molecule has 0 fully saturated rings. The fourth-order valence-electron chi connectivity index (χ4n) is 4.14. The van der Waals surface area contributed by atoms with Crippen molar-refractivity contribution in [2.24, 2.45) is 0 Å². The molecule has 0 heterocycles.